The van der Waals surface area contributed by atoms with E-state index in [2.05, 4.69) is 73.8 Å². The lowest BCUT2D eigenvalue weighted by Gasteiger charge is -2.30. The van der Waals surface area contributed by atoms with Crippen molar-refractivity contribution in [2.45, 2.75) is 18.3 Å². The second kappa shape index (κ2) is 6.57. The van der Waals surface area contributed by atoms with Gasteiger partial charge in [-0.15, -0.1) is 24.5 Å². The van der Waals surface area contributed by atoms with E-state index in [4.69, 9.17) is 4.98 Å². The molecule has 28 heavy (non-hydrogen) atoms. The Bertz CT molecular complexity index is 1170. The molecule has 0 aliphatic heterocycles. The van der Waals surface area contributed by atoms with Crippen LogP contribution in [0.5, 0.6) is 0 Å². The van der Waals surface area contributed by atoms with E-state index >= 15 is 0 Å². The predicted octanol–water partition coefficient (Wildman–Crippen LogP) is 7.38. The van der Waals surface area contributed by atoms with E-state index in [-0.39, 0.29) is 5.41 Å². The molecule has 1 nitrogen and oxygen atoms in total. The number of para-hydroxylation sites is 1. The normalized spacial score (nSPS) is 13.9. The van der Waals surface area contributed by atoms with Gasteiger partial charge < -0.3 is 0 Å². The molecule has 1 aromatic heterocycles. The number of aromatic nitrogens is 1. The van der Waals surface area contributed by atoms with Gasteiger partial charge in [-0.05, 0) is 53.3 Å². The van der Waals surface area contributed by atoms with Gasteiger partial charge in [0, 0.05) is 11.0 Å². The van der Waals surface area contributed by atoms with Gasteiger partial charge in [-0.3, -0.25) is 0 Å². The summed E-state index contributed by atoms with van der Waals surface area (Å²) in [6, 6.07) is 23.9. The Morgan fingerprint density at radius 1 is 0.821 bits per heavy atom. The van der Waals surface area contributed by atoms with Crippen LogP contribution in [0.2, 0.25) is 0 Å². The SMILES string of the molecule is C=CCC1(CC=C)c2ccccc2-c2ccc(-c3nc4ccccc4s3)cc21. The van der Waals surface area contributed by atoms with Gasteiger partial charge in [-0.1, -0.05) is 60.7 Å². The van der Waals surface area contributed by atoms with Crippen LogP contribution in [0.25, 0.3) is 31.9 Å². The largest absolute Gasteiger partial charge is 0.236 e. The summed E-state index contributed by atoms with van der Waals surface area (Å²) in [5.74, 6) is 0. The molecular weight excluding hydrogens is 358 g/mol. The van der Waals surface area contributed by atoms with E-state index in [0.29, 0.717) is 0 Å². The van der Waals surface area contributed by atoms with Gasteiger partial charge in [0.05, 0.1) is 10.2 Å². The summed E-state index contributed by atoms with van der Waals surface area (Å²) in [6.07, 6.45) is 5.87. The molecular formula is C26H21NS. The Morgan fingerprint density at radius 3 is 2.32 bits per heavy atom. The molecule has 4 aromatic rings. The molecule has 0 N–H and O–H groups in total. The van der Waals surface area contributed by atoms with E-state index in [1.54, 1.807) is 11.3 Å². The average Bonchev–Trinajstić information content (AvgIpc) is 3.27. The molecule has 1 heterocycles. The number of benzene rings is 3. The van der Waals surface area contributed by atoms with E-state index < -0.39 is 0 Å². The molecule has 0 saturated heterocycles. The monoisotopic (exact) mass is 379 g/mol. The molecule has 5 rings (SSSR count). The highest BCUT2D eigenvalue weighted by molar-refractivity contribution is 7.21. The van der Waals surface area contributed by atoms with Gasteiger partial charge in [0.15, 0.2) is 0 Å². The fourth-order valence-electron chi connectivity index (χ4n) is 4.60. The smallest absolute Gasteiger partial charge is 0.124 e. The van der Waals surface area contributed by atoms with Crippen molar-refractivity contribution < 1.29 is 0 Å². The maximum Gasteiger partial charge on any atom is 0.124 e. The minimum absolute atomic E-state index is 0.0951. The molecule has 1 aliphatic rings. The lowest BCUT2D eigenvalue weighted by molar-refractivity contribution is 0.543. The summed E-state index contributed by atoms with van der Waals surface area (Å²) >= 11 is 1.76. The molecule has 3 aromatic carbocycles. The molecule has 0 saturated carbocycles. The molecule has 0 spiro atoms. The summed E-state index contributed by atoms with van der Waals surface area (Å²) in [5.41, 5.74) is 7.56. The number of fused-ring (bicyclic) bond motifs is 4. The fraction of sp³-hybridized carbons (Fsp3) is 0.115. The third kappa shape index (κ3) is 2.42. The lowest BCUT2D eigenvalue weighted by Crippen LogP contribution is -2.23. The van der Waals surface area contributed by atoms with Crippen molar-refractivity contribution in [3.05, 3.63) is 103 Å². The summed E-state index contributed by atoms with van der Waals surface area (Å²) in [4.78, 5) is 4.88. The number of rotatable bonds is 5. The summed E-state index contributed by atoms with van der Waals surface area (Å²) in [7, 11) is 0. The van der Waals surface area contributed by atoms with E-state index in [0.717, 1.165) is 23.4 Å². The van der Waals surface area contributed by atoms with E-state index in [1.165, 1.54) is 32.5 Å². The summed E-state index contributed by atoms with van der Waals surface area (Å²) in [5, 5.41) is 1.08. The highest BCUT2D eigenvalue weighted by Gasteiger charge is 2.41. The van der Waals surface area contributed by atoms with Crippen molar-refractivity contribution in [3.63, 3.8) is 0 Å². The minimum atomic E-state index is -0.0951. The highest BCUT2D eigenvalue weighted by atomic mass is 32.1. The van der Waals surface area contributed by atoms with Crippen LogP contribution in [0.1, 0.15) is 24.0 Å². The molecule has 0 atom stereocenters. The van der Waals surface area contributed by atoms with Crippen molar-refractivity contribution in [1.82, 2.24) is 4.98 Å². The Balaban J connectivity index is 1.74. The third-order valence-corrected chi connectivity index (χ3v) is 6.88. The standard InChI is InChI=1S/C26H21NS/c1-3-15-26(16-4-2)21-10-6-5-9-19(21)20-14-13-18(17-22(20)26)25-27-23-11-7-8-12-24(23)28-25/h3-14,17H,1-2,15-16H2. The highest BCUT2D eigenvalue weighted by Crippen LogP contribution is 2.53. The first-order valence-corrected chi connectivity index (χ1v) is 10.4. The van der Waals surface area contributed by atoms with E-state index in [1.807, 2.05) is 18.2 Å². The van der Waals surface area contributed by atoms with Crippen LogP contribution >= 0.6 is 11.3 Å². The Kier molecular flexibility index (Phi) is 4.03. The molecule has 2 heteroatoms. The fourth-order valence-corrected chi connectivity index (χ4v) is 5.56. The number of thiazole rings is 1. The van der Waals surface area contributed by atoms with Gasteiger partial charge in [-0.2, -0.15) is 0 Å². The second-order valence-corrected chi connectivity index (χ2v) is 8.39. The zero-order valence-corrected chi connectivity index (χ0v) is 16.5. The van der Waals surface area contributed by atoms with Crippen LogP contribution < -0.4 is 0 Å². The molecule has 0 bridgehead atoms. The molecule has 0 fully saturated rings. The van der Waals surface area contributed by atoms with Crippen molar-refractivity contribution in [2.24, 2.45) is 0 Å². The van der Waals surface area contributed by atoms with Gasteiger partial charge in [0.1, 0.15) is 5.01 Å². The average molecular weight is 380 g/mol. The molecule has 0 unspecified atom stereocenters. The molecule has 0 amide bonds. The maximum atomic E-state index is 4.88. The van der Waals surface area contributed by atoms with Crippen molar-refractivity contribution in [1.29, 1.82) is 0 Å². The maximum absolute atomic E-state index is 4.88. The van der Waals surface area contributed by atoms with Crippen LogP contribution in [0, 0.1) is 0 Å². The van der Waals surface area contributed by atoms with Crippen LogP contribution in [0.15, 0.2) is 92.0 Å². The molecule has 1 aliphatic carbocycles. The number of hydrogen-bond acceptors (Lipinski definition) is 2. The second-order valence-electron chi connectivity index (χ2n) is 7.36. The first kappa shape index (κ1) is 17.2. The molecule has 0 radical (unpaired) electrons. The third-order valence-electron chi connectivity index (χ3n) is 5.79. The van der Waals surface area contributed by atoms with Crippen LogP contribution in [-0.4, -0.2) is 4.98 Å². The van der Waals surface area contributed by atoms with Gasteiger partial charge in [0.2, 0.25) is 0 Å². The first-order chi connectivity index (χ1) is 13.8. The van der Waals surface area contributed by atoms with Crippen molar-refractivity contribution in [3.8, 4) is 21.7 Å². The Hall–Kier alpha value is -2.97. The van der Waals surface area contributed by atoms with E-state index in [9.17, 15) is 0 Å². The Morgan fingerprint density at radius 2 is 1.54 bits per heavy atom. The Labute approximate surface area is 169 Å². The van der Waals surface area contributed by atoms with Crippen LogP contribution in [-0.2, 0) is 5.41 Å². The topological polar surface area (TPSA) is 12.9 Å². The number of hydrogen-bond donors (Lipinski definition) is 0. The molecule has 136 valence electrons. The van der Waals surface area contributed by atoms with Gasteiger partial charge in [0.25, 0.3) is 0 Å². The minimum Gasteiger partial charge on any atom is -0.236 e. The number of nitrogens with zero attached hydrogens (tertiary/aromatic N) is 1. The van der Waals surface area contributed by atoms with Crippen molar-refractivity contribution in [2.75, 3.05) is 0 Å². The zero-order valence-electron chi connectivity index (χ0n) is 15.7. The lowest BCUT2D eigenvalue weighted by atomic mass is 9.72. The summed E-state index contributed by atoms with van der Waals surface area (Å²) < 4.78 is 1.23. The predicted molar refractivity (Wildman–Crippen MR) is 121 cm³/mol. The van der Waals surface area contributed by atoms with Gasteiger partial charge >= 0.3 is 0 Å². The van der Waals surface area contributed by atoms with Gasteiger partial charge in [-0.25, -0.2) is 4.98 Å². The van der Waals surface area contributed by atoms with Crippen LogP contribution in [0.3, 0.4) is 0 Å². The summed E-state index contributed by atoms with van der Waals surface area (Å²) in [6.45, 7) is 8.12. The van der Waals surface area contributed by atoms with Crippen LogP contribution in [0.4, 0.5) is 0 Å². The first-order valence-electron chi connectivity index (χ1n) is 9.59. The quantitative estimate of drug-likeness (QED) is 0.330. The number of allylic oxidation sites excluding steroid dienone is 2. The van der Waals surface area contributed by atoms with Crippen molar-refractivity contribution >= 4 is 21.6 Å². The zero-order chi connectivity index (χ0) is 19.1.